The van der Waals surface area contributed by atoms with Crippen molar-refractivity contribution in [3.05, 3.63) is 83.4 Å². The van der Waals surface area contributed by atoms with E-state index in [1.54, 1.807) is 56.7 Å². The van der Waals surface area contributed by atoms with Crippen molar-refractivity contribution in [1.29, 1.82) is 0 Å². The number of para-hydroxylation sites is 1. The molecule has 0 spiro atoms. The number of carbonyl (C=O) groups is 2. The van der Waals surface area contributed by atoms with Crippen LogP contribution in [-0.2, 0) is 4.79 Å². The summed E-state index contributed by atoms with van der Waals surface area (Å²) in [7, 11) is 3.10. The van der Waals surface area contributed by atoms with Crippen molar-refractivity contribution in [1.82, 2.24) is 0 Å². The minimum absolute atomic E-state index is 0.193. The van der Waals surface area contributed by atoms with Crippen molar-refractivity contribution in [3.8, 4) is 11.5 Å². The Morgan fingerprint density at radius 1 is 0.933 bits per heavy atom. The molecule has 2 N–H and O–H groups in total. The molecule has 0 atom stereocenters. The Hall–Kier alpha value is -4.06. The molecule has 3 aromatic rings. The molecule has 4 rings (SSSR count). The molecule has 2 amide bonds. The van der Waals surface area contributed by atoms with Crippen molar-refractivity contribution in [2.24, 2.45) is 0 Å². The van der Waals surface area contributed by atoms with Crippen LogP contribution < -0.4 is 20.1 Å². The van der Waals surface area contributed by atoms with E-state index in [-0.39, 0.29) is 11.8 Å². The zero-order chi connectivity index (χ0) is 21.1. The van der Waals surface area contributed by atoms with E-state index in [0.717, 1.165) is 16.8 Å². The van der Waals surface area contributed by atoms with Crippen LogP contribution >= 0.6 is 0 Å². The molecule has 30 heavy (non-hydrogen) atoms. The predicted molar refractivity (Wildman–Crippen MR) is 117 cm³/mol. The Bertz CT molecular complexity index is 1140. The summed E-state index contributed by atoms with van der Waals surface area (Å²) in [6.45, 7) is 0. The number of anilines is 2. The summed E-state index contributed by atoms with van der Waals surface area (Å²) in [5.41, 5.74) is 4.00. The number of benzene rings is 3. The van der Waals surface area contributed by atoms with Gasteiger partial charge in [0.15, 0.2) is 11.5 Å². The first-order valence-electron chi connectivity index (χ1n) is 9.35. The third-order valence-corrected chi connectivity index (χ3v) is 4.82. The Labute approximate surface area is 174 Å². The van der Waals surface area contributed by atoms with Crippen LogP contribution in [0.15, 0.2) is 66.7 Å². The number of amides is 2. The number of fused-ring (bicyclic) bond motifs is 1. The van der Waals surface area contributed by atoms with Gasteiger partial charge in [0, 0.05) is 28.5 Å². The van der Waals surface area contributed by atoms with Gasteiger partial charge in [0.05, 0.1) is 19.9 Å². The number of hydrogen-bond donors (Lipinski definition) is 2. The lowest BCUT2D eigenvalue weighted by Crippen LogP contribution is -2.11. The topological polar surface area (TPSA) is 76.7 Å². The number of ether oxygens (including phenoxy) is 2. The Morgan fingerprint density at radius 3 is 2.27 bits per heavy atom. The summed E-state index contributed by atoms with van der Waals surface area (Å²) in [5.74, 6) is 0.700. The van der Waals surface area contributed by atoms with Crippen LogP contribution in [0.5, 0.6) is 11.5 Å². The highest BCUT2D eigenvalue weighted by Gasteiger charge is 2.26. The van der Waals surface area contributed by atoms with Crippen molar-refractivity contribution in [2.75, 3.05) is 24.9 Å². The van der Waals surface area contributed by atoms with Crippen LogP contribution in [0.1, 0.15) is 21.5 Å². The van der Waals surface area contributed by atoms with Crippen molar-refractivity contribution >= 4 is 34.8 Å². The summed E-state index contributed by atoms with van der Waals surface area (Å²) in [5, 5.41) is 5.69. The second-order valence-corrected chi connectivity index (χ2v) is 6.71. The van der Waals surface area contributed by atoms with Gasteiger partial charge in [-0.1, -0.05) is 30.3 Å². The van der Waals surface area contributed by atoms with E-state index in [0.29, 0.717) is 28.3 Å². The molecule has 0 saturated carbocycles. The third kappa shape index (κ3) is 3.75. The fourth-order valence-corrected chi connectivity index (χ4v) is 3.28. The van der Waals surface area contributed by atoms with Gasteiger partial charge in [-0.3, -0.25) is 9.59 Å². The second kappa shape index (κ2) is 8.13. The zero-order valence-electron chi connectivity index (χ0n) is 16.6. The monoisotopic (exact) mass is 400 g/mol. The first-order chi connectivity index (χ1) is 14.6. The first kappa shape index (κ1) is 19.3. The van der Waals surface area contributed by atoms with Crippen LogP contribution in [0, 0.1) is 0 Å². The van der Waals surface area contributed by atoms with E-state index in [4.69, 9.17) is 9.47 Å². The minimum atomic E-state index is -0.203. The number of rotatable bonds is 5. The molecule has 6 nitrogen and oxygen atoms in total. The normalized spacial score (nSPS) is 13.5. The average Bonchev–Trinajstić information content (AvgIpc) is 3.07. The molecular formula is C24H20N2O4. The predicted octanol–water partition coefficient (Wildman–Crippen LogP) is 4.45. The van der Waals surface area contributed by atoms with Crippen molar-refractivity contribution in [3.63, 3.8) is 0 Å². The largest absolute Gasteiger partial charge is 0.493 e. The van der Waals surface area contributed by atoms with Crippen LogP contribution in [0.4, 0.5) is 11.4 Å². The van der Waals surface area contributed by atoms with Gasteiger partial charge in [-0.25, -0.2) is 0 Å². The Kier molecular flexibility index (Phi) is 5.22. The second-order valence-electron chi connectivity index (χ2n) is 6.71. The van der Waals surface area contributed by atoms with Gasteiger partial charge in [-0.15, -0.1) is 0 Å². The highest BCUT2D eigenvalue weighted by molar-refractivity contribution is 6.35. The summed E-state index contributed by atoms with van der Waals surface area (Å²) in [4.78, 5) is 24.9. The quantitative estimate of drug-likeness (QED) is 0.621. The van der Waals surface area contributed by atoms with Gasteiger partial charge in [-0.05, 0) is 42.0 Å². The Balaban J connectivity index is 1.59. The highest BCUT2D eigenvalue weighted by Crippen LogP contribution is 2.41. The molecule has 1 heterocycles. The number of hydrogen-bond acceptors (Lipinski definition) is 4. The van der Waals surface area contributed by atoms with E-state index in [1.807, 2.05) is 30.3 Å². The maximum absolute atomic E-state index is 12.5. The molecule has 0 saturated heterocycles. The highest BCUT2D eigenvalue weighted by atomic mass is 16.5. The summed E-state index contributed by atoms with van der Waals surface area (Å²) >= 11 is 0. The molecule has 0 unspecified atom stereocenters. The lowest BCUT2D eigenvalue weighted by molar-refractivity contribution is -0.110. The van der Waals surface area contributed by atoms with Crippen LogP contribution in [0.25, 0.3) is 11.6 Å². The maximum atomic E-state index is 12.5. The van der Waals surface area contributed by atoms with Crippen LogP contribution in [-0.4, -0.2) is 26.0 Å². The molecule has 150 valence electrons. The fraction of sp³-hybridized carbons (Fsp3) is 0.0833. The minimum Gasteiger partial charge on any atom is -0.493 e. The average molecular weight is 400 g/mol. The summed E-state index contributed by atoms with van der Waals surface area (Å²) < 4.78 is 10.6. The van der Waals surface area contributed by atoms with Gasteiger partial charge >= 0.3 is 0 Å². The van der Waals surface area contributed by atoms with E-state index < -0.39 is 0 Å². The number of carbonyl (C=O) groups excluding carboxylic acids is 2. The smallest absolute Gasteiger partial charge is 0.256 e. The molecule has 0 fully saturated rings. The number of methoxy groups -OCH3 is 2. The molecular weight excluding hydrogens is 380 g/mol. The maximum Gasteiger partial charge on any atom is 0.256 e. The Morgan fingerprint density at radius 2 is 1.60 bits per heavy atom. The summed E-state index contributed by atoms with van der Waals surface area (Å²) in [6, 6.07) is 19.9. The fourth-order valence-electron chi connectivity index (χ4n) is 3.28. The zero-order valence-corrected chi connectivity index (χ0v) is 16.6. The standard InChI is InChI=1S/C24H20N2O4/c1-29-21-13-18-19(24(28)26-20(18)14-22(21)30-2)12-15-8-10-16(11-9-15)23(27)25-17-6-4-3-5-7-17/h3-14H,1-2H3,(H,25,27)(H,26,28)/b19-12+. The first-order valence-corrected chi connectivity index (χ1v) is 9.35. The summed E-state index contributed by atoms with van der Waals surface area (Å²) in [6.07, 6.45) is 1.78. The van der Waals surface area contributed by atoms with Crippen molar-refractivity contribution < 1.29 is 19.1 Å². The molecule has 0 bridgehead atoms. The molecule has 0 aliphatic carbocycles. The van der Waals surface area contributed by atoms with Crippen LogP contribution in [0.3, 0.4) is 0 Å². The van der Waals surface area contributed by atoms with E-state index >= 15 is 0 Å². The molecule has 6 heteroatoms. The molecule has 0 radical (unpaired) electrons. The molecule has 0 aromatic heterocycles. The third-order valence-electron chi connectivity index (χ3n) is 4.82. The van der Waals surface area contributed by atoms with Gasteiger partial charge in [0.25, 0.3) is 11.8 Å². The van der Waals surface area contributed by atoms with Gasteiger partial charge < -0.3 is 20.1 Å². The SMILES string of the molecule is COc1cc2c(cc1OC)/C(=C\c1ccc(C(=O)Nc3ccccc3)cc1)C(=O)N2. The van der Waals surface area contributed by atoms with Crippen LogP contribution in [0.2, 0.25) is 0 Å². The number of nitrogens with one attached hydrogen (secondary N) is 2. The van der Waals surface area contributed by atoms with E-state index in [9.17, 15) is 9.59 Å². The lowest BCUT2D eigenvalue weighted by atomic mass is 10.0. The molecule has 1 aliphatic heterocycles. The van der Waals surface area contributed by atoms with Gasteiger partial charge in [-0.2, -0.15) is 0 Å². The van der Waals surface area contributed by atoms with Gasteiger partial charge in [0.1, 0.15) is 0 Å². The molecule has 3 aromatic carbocycles. The lowest BCUT2D eigenvalue weighted by Gasteiger charge is -2.09. The van der Waals surface area contributed by atoms with E-state index in [2.05, 4.69) is 10.6 Å². The van der Waals surface area contributed by atoms with E-state index in [1.165, 1.54) is 0 Å². The van der Waals surface area contributed by atoms with Crippen molar-refractivity contribution in [2.45, 2.75) is 0 Å². The van der Waals surface area contributed by atoms with Gasteiger partial charge in [0.2, 0.25) is 0 Å². The molecule has 1 aliphatic rings.